The maximum Gasteiger partial charge on any atom is 0.204 e. The Morgan fingerprint density at radius 3 is 2.67 bits per heavy atom. The molecular weight excluding hydrogens is 320 g/mol. The topological polar surface area (TPSA) is 49.8 Å². The highest BCUT2D eigenvalue weighted by molar-refractivity contribution is 7.22. The molecule has 1 N–H and O–H groups in total. The third kappa shape index (κ3) is 3.39. The van der Waals surface area contributed by atoms with Crippen LogP contribution < -0.4 is 10.3 Å². The normalized spacial score (nSPS) is 15.2. The smallest absolute Gasteiger partial charge is 0.204 e. The number of aromatic nitrogens is 1. The number of benzene rings is 2. The minimum atomic E-state index is 0.801. The standard InChI is InChI=1S/C18H18N4OS/c1-2-4-17-16(3-1)20-18(24-17)21-19-13-14-5-7-15(8-6-14)22-9-11-23-12-10-22/h1-8,13H,9-12H2,(H,20,21). The van der Waals surface area contributed by atoms with Crippen LogP contribution in [0, 0.1) is 0 Å². The van der Waals surface area contributed by atoms with Gasteiger partial charge in [-0.05, 0) is 29.8 Å². The summed E-state index contributed by atoms with van der Waals surface area (Å²) in [5.74, 6) is 0. The molecule has 2 aromatic carbocycles. The molecule has 1 aromatic heterocycles. The number of thiazole rings is 1. The van der Waals surface area contributed by atoms with Crippen LogP contribution in [-0.4, -0.2) is 37.5 Å². The molecule has 0 atom stereocenters. The van der Waals surface area contributed by atoms with E-state index >= 15 is 0 Å². The first-order valence-electron chi connectivity index (χ1n) is 7.96. The van der Waals surface area contributed by atoms with Gasteiger partial charge in [-0.3, -0.25) is 5.43 Å². The van der Waals surface area contributed by atoms with Crippen molar-refractivity contribution in [2.75, 3.05) is 36.6 Å². The zero-order valence-electron chi connectivity index (χ0n) is 13.2. The van der Waals surface area contributed by atoms with Crippen molar-refractivity contribution >= 4 is 38.6 Å². The van der Waals surface area contributed by atoms with Gasteiger partial charge in [0.2, 0.25) is 5.13 Å². The van der Waals surface area contributed by atoms with Crippen LogP contribution in [0.1, 0.15) is 5.56 Å². The molecule has 122 valence electrons. The number of para-hydroxylation sites is 1. The predicted octanol–water partition coefficient (Wildman–Crippen LogP) is 3.58. The first kappa shape index (κ1) is 15.1. The molecule has 1 fully saturated rings. The summed E-state index contributed by atoms with van der Waals surface area (Å²) in [7, 11) is 0. The minimum Gasteiger partial charge on any atom is -0.378 e. The van der Waals surface area contributed by atoms with E-state index in [9.17, 15) is 0 Å². The van der Waals surface area contributed by atoms with Gasteiger partial charge in [-0.1, -0.05) is 35.6 Å². The molecule has 0 bridgehead atoms. The van der Waals surface area contributed by atoms with Crippen LogP contribution in [0.15, 0.2) is 53.6 Å². The lowest BCUT2D eigenvalue weighted by Gasteiger charge is -2.28. The fourth-order valence-corrected chi connectivity index (χ4v) is 3.49. The van der Waals surface area contributed by atoms with Crippen molar-refractivity contribution in [3.8, 4) is 0 Å². The summed E-state index contributed by atoms with van der Waals surface area (Å²) in [4.78, 5) is 6.83. The van der Waals surface area contributed by atoms with Gasteiger partial charge < -0.3 is 9.64 Å². The van der Waals surface area contributed by atoms with Gasteiger partial charge in [0.25, 0.3) is 0 Å². The van der Waals surface area contributed by atoms with E-state index in [-0.39, 0.29) is 0 Å². The molecule has 0 amide bonds. The summed E-state index contributed by atoms with van der Waals surface area (Å²) in [5, 5.41) is 5.09. The Morgan fingerprint density at radius 2 is 1.88 bits per heavy atom. The number of hydrogen-bond donors (Lipinski definition) is 1. The van der Waals surface area contributed by atoms with Crippen molar-refractivity contribution in [2.45, 2.75) is 0 Å². The maximum atomic E-state index is 5.39. The summed E-state index contributed by atoms with van der Waals surface area (Å²) < 4.78 is 6.54. The van der Waals surface area contributed by atoms with E-state index in [0.29, 0.717) is 0 Å². The second-order valence-electron chi connectivity index (χ2n) is 5.55. The van der Waals surface area contributed by atoms with Gasteiger partial charge in [-0.25, -0.2) is 4.98 Å². The highest BCUT2D eigenvalue weighted by Gasteiger charge is 2.10. The first-order valence-corrected chi connectivity index (χ1v) is 8.77. The summed E-state index contributed by atoms with van der Waals surface area (Å²) in [5.41, 5.74) is 6.29. The third-order valence-corrected chi connectivity index (χ3v) is 4.88. The van der Waals surface area contributed by atoms with Crippen LogP contribution in [-0.2, 0) is 4.74 Å². The number of ether oxygens (including phenoxy) is 1. The Morgan fingerprint density at radius 1 is 1.08 bits per heavy atom. The van der Waals surface area contributed by atoms with E-state index in [0.717, 1.165) is 47.2 Å². The van der Waals surface area contributed by atoms with Crippen molar-refractivity contribution in [1.29, 1.82) is 0 Å². The van der Waals surface area contributed by atoms with Crippen LogP contribution in [0.4, 0.5) is 10.8 Å². The van der Waals surface area contributed by atoms with E-state index < -0.39 is 0 Å². The predicted molar refractivity (Wildman–Crippen MR) is 100 cm³/mol. The molecule has 3 aromatic rings. The van der Waals surface area contributed by atoms with E-state index in [1.54, 1.807) is 11.3 Å². The maximum absolute atomic E-state index is 5.39. The Kier molecular flexibility index (Phi) is 4.40. The fourth-order valence-electron chi connectivity index (χ4n) is 2.67. The number of morpholine rings is 1. The molecular formula is C18H18N4OS. The van der Waals surface area contributed by atoms with E-state index in [1.807, 2.05) is 24.4 Å². The molecule has 6 heteroatoms. The average molecular weight is 338 g/mol. The lowest BCUT2D eigenvalue weighted by molar-refractivity contribution is 0.122. The quantitative estimate of drug-likeness (QED) is 0.583. The van der Waals surface area contributed by atoms with Crippen LogP contribution in [0.25, 0.3) is 10.2 Å². The van der Waals surface area contributed by atoms with Gasteiger partial charge in [0.1, 0.15) is 0 Å². The van der Waals surface area contributed by atoms with Crippen molar-refractivity contribution in [1.82, 2.24) is 4.98 Å². The summed E-state index contributed by atoms with van der Waals surface area (Å²) in [6.45, 7) is 3.50. The molecule has 5 nitrogen and oxygen atoms in total. The number of rotatable bonds is 4. The number of nitrogens with zero attached hydrogens (tertiary/aromatic N) is 3. The van der Waals surface area contributed by atoms with Gasteiger partial charge in [0, 0.05) is 18.8 Å². The summed E-state index contributed by atoms with van der Waals surface area (Å²) in [6, 6.07) is 16.5. The van der Waals surface area contributed by atoms with Crippen LogP contribution >= 0.6 is 11.3 Å². The molecule has 24 heavy (non-hydrogen) atoms. The number of fused-ring (bicyclic) bond motifs is 1. The van der Waals surface area contributed by atoms with Gasteiger partial charge in [0.15, 0.2) is 0 Å². The van der Waals surface area contributed by atoms with Crippen molar-refractivity contribution < 1.29 is 4.74 Å². The SMILES string of the molecule is C(=NNc1nc2ccccc2s1)c1ccc(N2CCOCC2)cc1. The van der Waals surface area contributed by atoms with Crippen LogP contribution in [0.3, 0.4) is 0 Å². The van der Waals surface area contributed by atoms with E-state index in [1.165, 1.54) is 5.69 Å². The molecule has 1 aliphatic heterocycles. The average Bonchev–Trinajstić information content (AvgIpc) is 3.06. The second kappa shape index (κ2) is 6.98. The Balaban J connectivity index is 1.40. The van der Waals surface area contributed by atoms with Crippen molar-refractivity contribution in [3.63, 3.8) is 0 Å². The Labute approximate surface area is 144 Å². The van der Waals surface area contributed by atoms with Gasteiger partial charge in [-0.15, -0.1) is 0 Å². The van der Waals surface area contributed by atoms with Crippen molar-refractivity contribution in [3.05, 3.63) is 54.1 Å². The lowest BCUT2D eigenvalue weighted by Crippen LogP contribution is -2.36. The Hall–Kier alpha value is -2.44. The Bertz CT molecular complexity index is 805. The van der Waals surface area contributed by atoms with Gasteiger partial charge in [-0.2, -0.15) is 5.10 Å². The van der Waals surface area contributed by atoms with Crippen molar-refractivity contribution in [2.24, 2.45) is 5.10 Å². The molecule has 0 aliphatic carbocycles. The number of anilines is 2. The summed E-state index contributed by atoms with van der Waals surface area (Å²) >= 11 is 1.60. The van der Waals surface area contributed by atoms with E-state index in [2.05, 4.69) is 50.7 Å². The summed E-state index contributed by atoms with van der Waals surface area (Å²) in [6.07, 6.45) is 1.81. The highest BCUT2D eigenvalue weighted by Crippen LogP contribution is 2.25. The van der Waals surface area contributed by atoms with Gasteiger partial charge in [0.05, 0.1) is 29.6 Å². The molecule has 4 rings (SSSR count). The number of hydrazone groups is 1. The first-order chi connectivity index (χ1) is 11.9. The third-order valence-electron chi connectivity index (χ3n) is 3.94. The van der Waals surface area contributed by atoms with Crippen LogP contribution in [0.5, 0.6) is 0 Å². The molecule has 0 saturated carbocycles. The van der Waals surface area contributed by atoms with Crippen LogP contribution in [0.2, 0.25) is 0 Å². The number of hydrogen-bond acceptors (Lipinski definition) is 6. The highest BCUT2D eigenvalue weighted by atomic mass is 32.1. The molecule has 0 radical (unpaired) electrons. The zero-order chi connectivity index (χ0) is 16.2. The van der Waals surface area contributed by atoms with Gasteiger partial charge >= 0.3 is 0 Å². The molecule has 0 unspecified atom stereocenters. The molecule has 1 saturated heterocycles. The molecule has 1 aliphatic rings. The van der Waals surface area contributed by atoms with E-state index in [4.69, 9.17) is 4.74 Å². The second-order valence-corrected chi connectivity index (χ2v) is 6.58. The molecule has 0 spiro atoms. The zero-order valence-corrected chi connectivity index (χ0v) is 14.0. The lowest BCUT2D eigenvalue weighted by atomic mass is 10.2. The minimum absolute atomic E-state index is 0.801. The largest absolute Gasteiger partial charge is 0.378 e. The molecule has 2 heterocycles. The fraction of sp³-hybridized carbons (Fsp3) is 0.222. The number of nitrogens with one attached hydrogen (secondary N) is 1. The monoisotopic (exact) mass is 338 g/mol.